The van der Waals surface area contributed by atoms with Crippen molar-refractivity contribution in [1.29, 1.82) is 0 Å². The Kier molecular flexibility index (Phi) is 4.84. The van der Waals surface area contributed by atoms with Crippen LogP contribution in [0.15, 0.2) is 26.4 Å². The summed E-state index contributed by atoms with van der Waals surface area (Å²) in [6.45, 7) is 1.97. The molecule has 0 saturated carbocycles. The largest absolute Gasteiger partial charge is 0.465 e. The van der Waals surface area contributed by atoms with Crippen LogP contribution in [0.3, 0.4) is 0 Å². The zero-order chi connectivity index (χ0) is 15.6. The number of aryl methyl sites for hydroxylation is 1. The lowest BCUT2D eigenvalue weighted by Crippen LogP contribution is -2.25. The number of nitrogens with zero attached hydrogens (tertiary/aromatic N) is 1. The second-order valence-electron chi connectivity index (χ2n) is 4.44. The van der Waals surface area contributed by atoms with E-state index in [0.29, 0.717) is 22.0 Å². The molecule has 0 saturated heterocycles. The molecule has 0 N–H and O–H groups in total. The third-order valence-corrected chi connectivity index (χ3v) is 4.51. The van der Waals surface area contributed by atoms with Crippen LogP contribution in [0.4, 0.5) is 0 Å². The Labute approximate surface area is 134 Å². The average Bonchev–Trinajstić information content (AvgIpc) is 3.03. The van der Waals surface area contributed by atoms with Crippen LogP contribution in [0.25, 0.3) is 0 Å². The van der Waals surface area contributed by atoms with Crippen molar-refractivity contribution in [3.8, 4) is 0 Å². The maximum atomic E-state index is 12.2. The van der Waals surface area contributed by atoms with Gasteiger partial charge in [-0.25, -0.2) is 4.79 Å². The second-order valence-corrected chi connectivity index (χ2v) is 6.90. The molecule has 0 radical (unpaired) electrons. The normalized spacial score (nSPS) is 10.5. The van der Waals surface area contributed by atoms with Crippen LogP contribution in [0.1, 0.15) is 31.6 Å². The van der Waals surface area contributed by atoms with Crippen LogP contribution < -0.4 is 0 Å². The highest BCUT2D eigenvalue weighted by Crippen LogP contribution is 2.24. The van der Waals surface area contributed by atoms with Crippen molar-refractivity contribution in [2.45, 2.75) is 13.5 Å². The van der Waals surface area contributed by atoms with E-state index in [1.54, 1.807) is 26.1 Å². The lowest BCUT2D eigenvalue weighted by atomic mass is 10.2. The fourth-order valence-electron chi connectivity index (χ4n) is 1.86. The molecule has 0 atom stereocenters. The molecule has 21 heavy (non-hydrogen) atoms. The molecule has 7 heteroatoms. The number of carbonyl (C=O) groups is 2. The fraction of sp³-hybridized carbons (Fsp3) is 0.286. The Morgan fingerprint density at radius 2 is 2.14 bits per heavy atom. The number of halogens is 1. The quantitative estimate of drug-likeness (QED) is 0.772. The number of hydrogen-bond donors (Lipinski definition) is 0. The molecular weight excluding hydrogens is 358 g/mol. The fourth-order valence-corrected chi connectivity index (χ4v) is 3.24. The number of esters is 1. The number of ether oxygens (including phenoxy) is 1. The van der Waals surface area contributed by atoms with E-state index in [0.717, 1.165) is 3.79 Å². The van der Waals surface area contributed by atoms with Gasteiger partial charge in [-0.3, -0.25) is 4.79 Å². The summed E-state index contributed by atoms with van der Waals surface area (Å²) in [4.78, 5) is 25.9. The van der Waals surface area contributed by atoms with Crippen molar-refractivity contribution < 1.29 is 18.7 Å². The number of methoxy groups -OCH3 is 1. The second kappa shape index (κ2) is 6.44. The summed E-state index contributed by atoms with van der Waals surface area (Å²) in [7, 11) is 3.00. The lowest BCUT2D eigenvalue weighted by molar-refractivity contribution is 0.0598. The minimum atomic E-state index is -0.446. The molecule has 2 rings (SSSR count). The van der Waals surface area contributed by atoms with Gasteiger partial charge in [-0.15, -0.1) is 11.3 Å². The zero-order valence-corrected chi connectivity index (χ0v) is 14.2. The van der Waals surface area contributed by atoms with Crippen molar-refractivity contribution >= 4 is 39.1 Å². The lowest BCUT2D eigenvalue weighted by Gasteiger charge is -2.14. The number of amides is 1. The zero-order valence-electron chi connectivity index (χ0n) is 11.8. The molecule has 5 nitrogen and oxygen atoms in total. The summed E-state index contributed by atoms with van der Waals surface area (Å²) in [5, 5.41) is 0. The monoisotopic (exact) mass is 371 g/mol. The van der Waals surface area contributed by atoms with Gasteiger partial charge in [0.2, 0.25) is 0 Å². The Balaban J connectivity index is 2.11. The molecule has 0 aromatic carbocycles. The van der Waals surface area contributed by atoms with E-state index in [1.807, 2.05) is 6.07 Å². The Hall–Kier alpha value is -1.60. The van der Waals surface area contributed by atoms with Gasteiger partial charge in [0.1, 0.15) is 17.1 Å². The number of thiophene rings is 1. The summed E-state index contributed by atoms with van der Waals surface area (Å²) >= 11 is 4.70. The van der Waals surface area contributed by atoms with Crippen molar-refractivity contribution in [1.82, 2.24) is 4.90 Å². The van der Waals surface area contributed by atoms with Crippen LogP contribution in [0.2, 0.25) is 0 Å². The molecule has 0 bridgehead atoms. The third kappa shape index (κ3) is 3.54. The first kappa shape index (κ1) is 15.8. The number of rotatable bonds is 4. The maximum absolute atomic E-state index is 12.2. The van der Waals surface area contributed by atoms with E-state index in [1.165, 1.54) is 23.3 Å². The first-order valence-corrected chi connectivity index (χ1v) is 7.71. The van der Waals surface area contributed by atoms with E-state index in [2.05, 4.69) is 20.7 Å². The SMILES string of the molecule is COC(=O)c1cc(CN(C)C(=O)c2ccc(Br)s2)oc1C. The van der Waals surface area contributed by atoms with E-state index >= 15 is 0 Å². The van der Waals surface area contributed by atoms with Gasteiger partial charge in [0.15, 0.2) is 0 Å². The molecule has 0 aliphatic rings. The molecule has 112 valence electrons. The van der Waals surface area contributed by atoms with Gasteiger partial charge in [0.05, 0.1) is 22.3 Å². The highest BCUT2D eigenvalue weighted by atomic mass is 79.9. The Morgan fingerprint density at radius 3 is 2.71 bits per heavy atom. The molecule has 0 unspecified atom stereocenters. The first-order valence-electron chi connectivity index (χ1n) is 6.10. The molecule has 0 aliphatic carbocycles. The van der Waals surface area contributed by atoms with Crippen LogP contribution >= 0.6 is 27.3 Å². The molecule has 0 aliphatic heterocycles. The van der Waals surface area contributed by atoms with Crippen molar-refractivity contribution in [2.24, 2.45) is 0 Å². The Morgan fingerprint density at radius 1 is 1.43 bits per heavy atom. The van der Waals surface area contributed by atoms with Crippen molar-refractivity contribution in [3.63, 3.8) is 0 Å². The van der Waals surface area contributed by atoms with Gasteiger partial charge in [-0.1, -0.05) is 0 Å². The number of furan rings is 1. The van der Waals surface area contributed by atoms with Gasteiger partial charge in [-0.2, -0.15) is 0 Å². The summed E-state index contributed by atoms with van der Waals surface area (Å²) in [5.74, 6) is 0.481. The number of hydrogen-bond acceptors (Lipinski definition) is 5. The highest BCUT2D eigenvalue weighted by molar-refractivity contribution is 9.11. The predicted octanol–water partition coefficient (Wildman–Crippen LogP) is 3.47. The molecular formula is C14H14BrNO4S. The van der Waals surface area contributed by atoms with Gasteiger partial charge in [-0.05, 0) is 41.1 Å². The summed E-state index contributed by atoms with van der Waals surface area (Å²) < 4.78 is 11.1. The maximum Gasteiger partial charge on any atom is 0.341 e. The minimum Gasteiger partial charge on any atom is -0.465 e. The molecule has 0 spiro atoms. The van der Waals surface area contributed by atoms with Crippen LogP contribution in [-0.2, 0) is 11.3 Å². The molecule has 2 aromatic heterocycles. The first-order chi connectivity index (χ1) is 9.92. The highest BCUT2D eigenvalue weighted by Gasteiger charge is 2.19. The Bertz CT molecular complexity index is 676. The summed E-state index contributed by atoms with van der Waals surface area (Å²) in [5.41, 5.74) is 0.382. The predicted molar refractivity (Wildman–Crippen MR) is 82.6 cm³/mol. The van der Waals surface area contributed by atoms with E-state index in [4.69, 9.17) is 4.42 Å². The van der Waals surface area contributed by atoms with Crippen molar-refractivity contribution in [2.75, 3.05) is 14.2 Å². The van der Waals surface area contributed by atoms with Gasteiger partial charge >= 0.3 is 5.97 Å². The number of carbonyl (C=O) groups excluding carboxylic acids is 2. The van der Waals surface area contributed by atoms with Gasteiger partial charge in [0, 0.05) is 7.05 Å². The summed E-state index contributed by atoms with van der Waals surface area (Å²) in [6, 6.07) is 5.20. The standard InChI is InChI=1S/C14H14BrNO4S/c1-8-10(14(18)19-3)6-9(20-8)7-16(2)13(17)11-4-5-12(15)21-11/h4-6H,7H2,1-3H3. The van der Waals surface area contributed by atoms with Crippen LogP contribution in [0, 0.1) is 6.92 Å². The van der Waals surface area contributed by atoms with Crippen LogP contribution in [0.5, 0.6) is 0 Å². The third-order valence-electron chi connectivity index (χ3n) is 2.90. The molecule has 0 fully saturated rings. The molecule has 2 heterocycles. The van der Waals surface area contributed by atoms with E-state index < -0.39 is 5.97 Å². The summed E-state index contributed by atoms with van der Waals surface area (Å²) in [6.07, 6.45) is 0. The van der Waals surface area contributed by atoms with Gasteiger partial charge < -0.3 is 14.1 Å². The van der Waals surface area contributed by atoms with E-state index in [-0.39, 0.29) is 12.5 Å². The molecule has 2 aromatic rings. The van der Waals surface area contributed by atoms with Crippen LogP contribution in [-0.4, -0.2) is 30.9 Å². The minimum absolute atomic E-state index is 0.0978. The molecule has 1 amide bonds. The van der Waals surface area contributed by atoms with Crippen molar-refractivity contribution in [3.05, 3.63) is 43.9 Å². The van der Waals surface area contributed by atoms with Gasteiger partial charge in [0.25, 0.3) is 5.91 Å². The van der Waals surface area contributed by atoms with E-state index in [9.17, 15) is 9.59 Å². The average molecular weight is 372 g/mol. The smallest absolute Gasteiger partial charge is 0.341 e. The topological polar surface area (TPSA) is 59.8 Å².